The van der Waals surface area contributed by atoms with Crippen molar-refractivity contribution < 1.29 is 14.6 Å². The van der Waals surface area contributed by atoms with Crippen LogP contribution in [-0.2, 0) is 0 Å². The average molecular weight is 246 g/mol. The number of aromatic nitrogens is 1. The van der Waals surface area contributed by atoms with Crippen LogP contribution in [0, 0.1) is 0 Å². The molecule has 0 bridgehead atoms. The van der Waals surface area contributed by atoms with Crippen molar-refractivity contribution in [1.29, 1.82) is 0 Å². The summed E-state index contributed by atoms with van der Waals surface area (Å²) in [7, 11) is 0. The van der Waals surface area contributed by atoms with Crippen LogP contribution in [0.1, 0.15) is 0 Å². The van der Waals surface area contributed by atoms with Gasteiger partial charge in [0.1, 0.15) is 24.3 Å². The largest absolute Gasteiger partial charge is 0.530 e. The Bertz CT molecular complexity index is 571. The quantitative estimate of drug-likeness (QED) is 0.747. The Hall–Kier alpha value is -2.50. The Morgan fingerprint density at radius 3 is 3.06 bits per heavy atom. The number of fused-ring (bicyclic) bond motifs is 1. The minimum atomic E-state index is -1.31. The van der Waals surface area contributed by atoms with E-state index in [-0.39, 0.29) is 13.2 Å². The molecule has 0 fully saturated rings. The summed E-state index contributed by atoms with van der Waals surface area (Å²) in [5.41, 5.74) is 5.75. The summed E-state index contributed by atoms with van der Waals surface area (Å²) in [5.74, 6) is 1.05. The van der Waals surface area contributed by atoms with E-state index < -0.39 is 6.09 Å². The SMILES string of the molecule is Nc1nccc2ccc(OCCNC(=O)[O-])cc12. The molecule has 3 N–H and O–H groups in total. The molecule has 1 aromatic heterocycles. The smallest absolute Gasteiger partial charge is 0.134 e. The van der Waals surface area contributed by atoms with Gasteiger partial charge in [0.05, 0.1) is 6.54 Å². The van der Waals surface area contributed by atoms with E-state index in [0.29, 0.717) is 11.6 Å². The first kappa shape index (κ1) is 12.0. The van der Waals surface area contributed by atoms with Crippen molar-refractivity contribution >= 4 is 22.7 Å². The summed E-state index contributed by atoms with van der Waals surface area (Å²) >= 11 is 0. The van der Waals surface area contributed by atoms with E-state index in [1.807, 2.05) is 12.1 Å². The predicted molar refractivity (Wildman–Crippen MR) is 65.0 cm³/mol. The van der Waals surface area contributed by atoms with Crippen molar-refractivity contribution in [2.75, 3.05) is 18.9 Å². The maximum absolute atomic E-state index is 10.1. The molecule has 1 aromatic carbocycles. The molecule has 0 aliphatic rings. The van der Waals surface area contributed by atoms with E-state index in [0.717, 1.165) is 10.8 Å². The number of nitrogens with zero attached hydrogens (tertiary/aromatic N) is 1. The van der Waals surface area contributed by atoms with Crippen LogP contribution in [0.15, 0.2) is 30.5 Å². The van der Waals surface area contributed by atoms with Gasteiger partial charge < -0.3 is 25.7 Å². The van der Waals surface area contributed by atoms with Crippen LogP contribution in [0.25, 0.3) is 10.8 Å². The topological polar surface area (TPSA) is 100 Å². The molecule has 0 spiro atoms. The van der Waals surface area contributed by atoms with Gasteiger partial charge in [-0.3, -0.25) is 0 Å². The fraction of sp³-hybridized carbons (Fsp3) is 0.167. The number of anilines is 1. The summed E-state index contributed by atoms with van der Waals surface area (Å²) in [6.45, 7) is 0.391. The fourth-order valence-corrected chi connectivity index (χ4v) is 1.58. The number of nitrogens with two attached hydrogens (primary N) is 1. The second-order valence-electron chi connectivity index (χ2n) is 3.64. The van der Waals surface area contributed by atoms with Crippen LogP contribution in [0.3, 0.4) is 0 Å². The second kappa shape index (κ2) is 5.22. The molecule has 0 saturated heterocycles. The summed E-state index contributed by atoms with van der Waals surface area (Å²) in [4.78, 5) is 14.1. The van der Waals surface area contributed by atoms with Crippen LogP contribution in [0.2, 0.25) is 0 Å². The van der Waals surface area contributed by atoms with Gasteiger partial charge in [-0.15, -0.1) is 0 Å². The maximum Gasteiger partial charge on any atom is 0.134 e. The van der Waals surface area contributed by atoms with E-state index in [1.54, 1.807) is 18.3 Å². The summed E-state index contributed by atoms with van der Waals surface area (Å²) < 4.78 is 5.38. The minimum absolute atomic E-state index is 0.170. The van der Waals surface area contributed by atoms with Crippen molar-refractivity contribution in [3.05, 3.63) is 30.5 Å². The number of carboxylic acid groups (broad SMARTS) is 1. The van der Waals surface area contributed by atoms with Gasteiger partial charge in [0.25, 0.3) is 0 Å². The lowest BCUT2D eigenvalue weighted by Gasteiger charge is -2.09. The van der Waals surface area contributed by atoms with E-state index in [2.05, 4.69) is 10.3 Å². The molecule has 0 atom stereocenters. The van der Waals surface area contributed by atoms with Crippen molar-refractivity contribution in [2.24, 2.45) is 0 Å². The van der Waals surface area contributed by atoms with Gasteiger partial charge >= 0.3 is 0 Å². The lowest BCUT2D eigenvalue weighted by atomic mass is 10.1. The molecular formula is C12H12N3O3-. The zero-order valence-electron chi connectivity index (χ0n) is 9.55. The zero-order chi connectivity index (χ0) is 13.0. The molecule has 94 valence electrons. The van der Waals surface area contributed by atoms with Gasteiger partial charge in [0, 0.05) is 11.6 Å². The molecule has 0 unspecified atom stereocenters. The molecule has 2 aromatic rings. The van der Waals surface area contributed by atoms with Crippen molar-refractivity contribution in [1.82, 2.24) is 10.3 Å². The van der Waals surface area contributed by atoms with Gasteiger partial charge in [-0.1, -0.05) is 6.07 Å². The Labute approximate surface area is 103 Å². The first-order valence-electron chi connectivity index (χ1n) is 5.39. The van der Waals surface area contributed by atoms with Crippen molar-refractivity contribution in [2.45, 2.75) is 0 Å². The number of rotatable bonds is 4. The summed E-state index contributed by atoms with van der Waals surface area (Å²) in [6, 6.07) is 7.29. The number of carbonyl (C=O) groups is 1. The van der Waals surface area contributed by atoms with Crippen molar-refractivity contribution in [3.63, 3.8) is 0 Å². The molecule has 0 aliphatic heterocycles. The van der Waals surface area contributed by atoms with Gasteiger partial charge in [-0.25, -0.2) is 4.98 Å². The van der Waals surface area contributed by atoms with E-state index in [4.69, 9.17) is 10.5 Å². The minimum Gasteiger partial charge on any atom is -0.530 e. The van der Waals surface area contributed by atoms with E-state index in [9.17, 15) is 9.90 Å². The number of amides is 1. The number of pyridine rings is 1. The second-order valence-corrected chi connectivity index (χ2v) is 3.64. The molecule has 1 amide bonds. The zero-order valence-corrected chi connectivity index (χ0v) is 9.55. The number of nitrogens with one attached hydrogen (secondary N) is 1. The molecular weight excluding hydrogens is 234 g/mol. The number of carbonyl (C=O) groups excluding carboxylic acids is 1. The Balaban J connectivity index is 2.06. The Kier molecular flexibility index (Phi) is 3.47. The number of hydrogen-bond donors (Lipinski definition) is 2. The van der Waals surface area contributed by atoms with Crippen LogP contribution >= 0.6 is 0 Å². The average Bonchev–Trinajstić information content (AvgIpc) is 2.35. The lowest BCUT2D eigenvalue weighted by molar-refractivity contribution is -0.250. The molecule has 6 heteroatoms. The highest BCUT2D eigenvalue weighted by molar-refractivity contribution is 5.91. The van der Waals surface area contributed by atoms with Crippen LogP contribution < -0.4 is 20.9 Å². The summed E-state index contributed by atoms with van der Waals surface area (Å²) in [5, 5.41) is 14.0. The third kappa shape index (κ3) is 2.79. The number of ether oxygens (including phenoxy) is 1. The monoisotopic (exact) mass is 246 g/mol. The summed E-state index contributed by atoms with van der Waals surface area (Å²) in [6.07, 6.45) is 0.327. The highest BCUT2D eigenvalue weighted by atomic mass is 16.5. The predicted octanol–water partition coefficient (Wildman–Crippen LogP) is 0.129. The molecule has 0 saturated carbocycles. The molecule has 6 nitrogen and oxygen atoms in total. The van der Waals surface area contributed by atoms with Gasteiger partial charge in [-0.2, -0.15) is 0 Å². The maximum atomic E-state index is 10.1. The standard InChI is InChI=1S/C12H13N3O3/c13-11-10-7-9(18-6-5-15-12(16)17)2-1-8(10)3-4-14-11/h1-4,7,15H,5-6H2,(H2,13,14)(H,16,17)/p-1. The van der Waals surface area contributed by atoms with Gasteiger partial charge in [0.2, 0.25) is 0 Å². The van der Waals surface area contributed by atoms with E-state index in [1.165, 1.54) is 0 Å². The number of hydrogen-bond acceptors (Lipinski definition) is 5. The molecule has 0 aliphatic carbocycles. The van der Waals surface area contributed by atoms with Gasteiger partial charge in [0.15, 0.2) is 0 Å². The number of benzene rings is 1. The van der Waals surface area contributed by atoms with Crippen LogP contribution in [0.5, 0.6) is 5.75 Å². The van der Waals surface area contributed by atoms with Crippen LogP contribution in [-0.4, -0.2) is 24.2 Å². The van der Waals surface area contributed by atoms with E-state index >= 15 is 0 Å². The Morgan fingerprint density at radius 2 is 2.28 bits per heavy atom. The molecule has 2 rings (SSSR count). The van der Waals surface area contributed by atoms with Crippen LogP contribution in [0.4, 0.5) is 10.6 Å². The highest BCUT2D eigenvalue weighted by Crippen LogP contribution is 2.23. The molecule has 1 heterocycles. The third-order valence-electron chi connectivity index (χ3n) is 2.41. The number of nitrogen functional groups attached to an aromatic ring is 1. The first-order chi connectivity index (χ1) is 8.66. The third-order valence-corrected chi connectivity index (χ3v) is 2.41. The Morgan fingerprint density at radius 1 is 1.44 bits per heavy atom. The normalized spacial score (nSPS) is 10.2. The lowest BCUT2D eigenvalue weighted by Crippen LogP contribution is -2.38. The fourth-order valence-electron chi connectivity index (χ4n) is 1.58. The first-order valence-corrected chi connectivity index (χ1v) is 5.39. The molecule has 18 heavy (non-hydrogen) atoms. The van der Waals surface area contributed by atoms with Gasteiger partial charge in [-0.05, 0) is 23.6 Å². The highest BCUT2D eigenvalue weighted by Gasteiger charge is 2.01. The molecule has 0 radical (unpaired) electrons. The van der Waals surface area contributed by atoms with Crippen molar-refractivity contribution in [3.8, 4) is 5.75 Å².